The van der Waals surface area contributed by atoms with Crippen molar-refractivity contribution >= 4 is 5.78 Å². The summed E-state index contributed by atoms with van der Waals surface area (Å²) in [6.07, 6.45) is 1.79. The van der Waals surface area contributed by atoms with Crippen LogP contribution >= 0.6 is 0 Å². The fourth-order valence-electron chi connectivity index (χ4n) is 2.53. The molecule has 0 amide bonds. The SMILES string of the molecule is CCC[C@H](C(=O)c1ccc(OC)cc1)c1ccc(OC)cc1. The maximum Gasteiger partial charge on any atom is 0.170 e. The minimum Gasteiger partial charge on any atom is -0.497 e. The molecule has 2 aromatic rings. The second kappa shape index (κ2) is 7.64. The zero-order valence-electron chi connectivity index (χ0n) is 13.3. The van der Waals surface area contributed by atoms with Gasteiger partial charge in [-0.15, -0.1) is 0 Å². The van der Waals surface area contributed by atoms with Gasteiger partial charge in [0.1, 0.15) is 11.5 Å². The van der Waals surface area contributed by atoms with Gasteiger partial charge in [-0.05, 0) is 48.4 Å². The van der Waals surface area contributed by atoms with Gasteiger partial charge in [0.05, 0.1) is 14.2 Å². The first kappa shape index (κ1) is 16.1. The maximum absolute atomic E-state index is 12.8. The normalized spacial score (nSPS) is 11.8. The number of carbonyl (C=O) groups is 1. The average molecular weight is 298 g/mol. The van der Waals surface area contributed by atoms with Crippen LogP contribution in [0.1, 0.15) is 41.6 Å². The van der Waals surface area contributed by atoms with Crippen molar-refractivity contribution in [3.63, 3.8) is 0 Å². The smallest absolute Gasteiger partial charge is 0.170 e. The number of benzene rings is 2. The molecule has 0 spiro atoms. The van der Waals surface area contributed by atoms with Crippen molar-refractivity contribution in [2.24, 2.45) is 0 Å². The molecule has 0 aromatic heterocycles. The number of rotatable bonds is 7. The fourth-order valence-corrected chi connectivity index (χ4v) is 2.53. The van der Waals surface area contributed by atoms with E-state index in [4.69, 9.17) is 9.47 Å². The van der Waals surface area contributed by atoms with Crippen LogP contribution in [0.4, 0.5) is 0 Å². The third-order valence-corrected chi connectivity index (χ3v) is 3.79. The lowest BCUT2D eigenvalue weighted by atomic mass is 9.87. The van der Waals surface area contributed by atoms with Crippen molar-refractivity contribution in [2.45, 2.75) is 25.7 Å². The topological polar surface area (TPSA) is 35.5 Å². The summed E-state index contributed by atoms with van der Waals surface area (Å²) in [4.78, 5) is 12.8. The summed E-state index contributed by atoms with van der Waals surface area (Å²) >= 11 is 0. The summed E-state index contributed by atoms with van der Waals surface area (Å²) < 4.78 is 10.3. The van der Waals surface area contributed by atoms with Crippen LogP contribution in [0, 0.1) is 0 Å². The zero-order valence-corrected chi connectivity index (χ0v) is 13.3. The van der Waals surface area contributed by atoms with Gasteiger partial charge in [0, 0.05) is 11.5 Å². The van der Waals surface area contributed by atoms with Crippen molar-refractivity contribution < 1.29 is 14.3 Å². The molecule has 0 aliphatic rings. The molecule has 2 aromatic carbocycles. The van der Waals surface area contributed by atoms with Crippen LogP contribution in [0.5, 0.6) is 11.5 Å². The van der Waals surface area contributed by atoms with Crippen molar-refractivity contribution in [3.05, 3.63) is 59.7 Å². The van der Waals surface area contributed by atoms with Crippen LogP contribution in [0.3, 0.4) is 0 Å². The van der Waals surface area contributed by atoms with E-state index in [1.54, 1.807) is 14.2 Å². The number of methoxy groups -OCH3 is 2. The zero-order chi connectivity index (χ0) is 15.9. The van der Waals surface area contributed by atoms with Gasteiger partial charge in [-0.3, -0.25) is 4.79 Å². The summed E-state index contributed by atoms with van der Waals surface area (Å²) in [5, 5.41) is 0. The molecule has 1 atom stereocenters. The molecule has 0 heterocycles. The largest absolute Gasteiger partial charge is 0.497 e. The molecule has 2 rings (SSSR count). The summed E-state index contributed by atoms with van der Waals surface area (Å²) in [6.45, 7) is 2.10. The monoisotopic (exact) mass is 298 g/mol. The van der Waals surface area contributed by atoms with E-state index in [1.165, 1.54) is 0 Å². The highest BCUT2D eigenvalue weighted by Crippen LogP contribution is 2.28. The molecule has 0 saturated carbocycles. The Hall–Kier alpha value is -2.29. The molecule has 0 aliphatic heterocycles. The predicted octanol–water partition coefficient (Wildman–Crippen LogP) is 4.47. The maximum atomic E-state index is 12.8. The Kier molecular flexibility index (Phi) is 5.59. The molecule has 22 heavy (non-hydrogen) atoms. The number of Topliss-reactive ketones (excluding diaryl/α,β-unsaturated/α-hetero) is 1. The standard InChI is InChI=1S/C19H22O3/c1-4-5-18(14-6-10-16(21-2)11-7-14)19(20)15-8-12-17(22-3)13-9-15/h6-13,18H,4-5H2,1-3H3/t18-/m0/s1. The Morgan fingerprint density at radius 3 is 1.86 bits per heavy atom. The molecule has 0 N–H and O–H groups in total. The Labute approximate surface area is 131 Å². The molecule has 0 aliphatic carbocycles. The molecule has 116 valence electrons. The Morgan fingerprint density at radius 2 is 1.41 bits per heavy atom. The molecule has 0 saturated heterocycles. The third-order valence-electron chi connectivity index (χ3n) is 3.79. The molecule has 0 unspecified atom stereocenters. The summed E-state index contributed by atoms with van der Waals surface area (Å²) in [5.41, 5.74) is 1.75. The Bertz CT molecular complexity index is 600. The number of hydrogen-bond acceptors (Lipinski definition) is 3. The number of carbonyl (C=O) groups excluding carboxylic acids is 1. The second-order valence-corrected chi connectivity index (χ2v) is 5.21. The molecule has 0 bridgehead atoms. The van der Waals surface area contributed by atoms with Crippen molar-refractivity contribution in [3.8, 4) is 11.5 Å². The molecule has 3 nitrogen and oxygen atoms in total. The highest BCUT2D eigenvalue weighted by molar-refractivity contribution is 6.01. The molecule has 3 heteroatoms. The summed E-state index contributed by atoms with van der Waals surface area (Å²) in [7, 11) is 3.26. The number of hydrogen-bond donors (Lipinski definition) is 0. The van der Waals surface area contributed by atoms with Crippen molar-refractivity contribution in [1.82, 2.24) is 0 Å². The van der Waals surface area contributed by atoms with E-state index >= 15 is 0 Å². The van der Waals surface area contributed by atoms with Gasteiger partial charge < -0.3 is 9.47 Å². The second-order valence-electron chi connectivity index (χ2n) is 5.21. The van der Waals surface area contributed by atoms with E-state index in [9.17, 15) is 4.79 Å². The van der Waals surface area contributed by atoms with E-state index in [2.05, 4.69) is 6.92 Å². The lowest BCUT2D eigenvalue weighted by Gasteiger charge is -2.16. The van der Waals surface area contributed by atoms with Crippen LogP contribution in [0.25, 0.3) is 0 Å². The van der Waals surface area contributed by atoms with E-state index in [0.29, 0.717) is 0 Å². The average Bonchev–Trinajstić information content (AvgIpc) is 2.59. The lowest BCUT2D eigenvalue weighted by Crippen LogP contribution is -2.13. The van der Waals surface area contributed by atoms with Gasteiger partial charge in [0.2, 0.25) is 0 Å². The quantitative estimate of drug-likeness (QED) is 0.707. The van der Waals surface area contributed by atoms with Gasteiger partial charge >= 0.3 is 0 Å². The molecular weight excluding hydrogens is 276 g/mol. The van der Waals surface area contributed by atoms with E-state index < -0.39 is 0 Å². The Balaban J connectivity index is 2.26. The van der Waals surface area contributed by atoms with E-state index in [-0.39, 0.29) is 11.7 Å². The predicted molar refractivity (Wildman–Crippen MR) is 88.0 cm³/mol. The van der Waals surface area contributed by atoms with E-state index in [0.717, 1.165) is 35.5 Å². The van der Waals surface area contributed by atoms with Crippen molar-refractivity contribution in [1.29, 1.82) is 0 Å². The number of ketones is 1. The van der Waals surface area contributed by atoms with Gasteiger partial charge in [-0.1, -0.05) is 25.5 Å². The first-order chi connectivity index (χ1) is 10.7. The first-order valence-corrected chi connectivity index (χ1v) is 7.51. The molecule has 0 fully saturated rings. The minimum absolute atomic E-state index is 0.121. The lowest BCUT2D eigenvalue weighted by molar-refractivity contribution is 0.0954. The van der Waals surface area contributed by atoms with Crippen LogP contribution in [0.15, 0.2) is 48.5 Å². The highest BCUT2D eigenvalue weighted by atomic mass is 16.5. The minimum atomic E-state index is -0.121. The molecular formula is C19H22O3. The third kappa shape index (κ3) is 3.67. The van der Waals surface area contributed by atoms with Gasteiger partial charge in [0.15, 0.2) is 5.78 Å². The van der Waals surface area contributed by atoms with Crippen LogP contribution in [-0.4, -0.2) is 20.0 Å². The number of ether oxygens (including phenoxy) is 2. The van der Waals surface area contributed by atoms with Crippen LogP contribution < -0.4 is 9.47 Å². The van der Waals surface area contributed by atoms with Crippen LogP contribution in [-0.2, 0) is 0 Å². The highest BCUT2D eigenvalue weighted by Gasteiger charge is 2.21. The summed E-state index contributed by atoms with van der Waals surface area (Å²) in [6, 6.07) is 15.1. The van der Waals surface area contributed by atoms with E-state index in [1.807, 2.05) is 48.5 Å². The summed E-state index contributed by atoms with van der Waals surface area (Å²) in [5.74, 6) is 1.59. The first-order valence-electron chi connectivity index (χ1n) is 7.51. The van der Waals surface area contributed by atoms with Crippen molar-refractivity contribution in [2.75, 3.05) is 14.2 Å². The van der Waals surface area contributed by atoms with Gasteiger partial charge in [-0.25, -0.2) is 0 Å². The van der Waals surface area contributed by atoms with Gasteiger partial charge in [0.25, 0.3) is 0 Å². The Morgan fingerprint density at radius 1 is 0.909 bits per heavy atom. The van der Waals surface area contributed by atoms with Crippen LogP contribution in [0.2, 0.25) is 0 Å². The van der Waals surface area contributed by atoms with Gasteiger partial charge in [-0.2, -0.15) is 0 Å². The molecule has 0 radical (unpaired) electrons. The fraction of sp³-hybridized carbons (Fsp3) is 0.316.